The Morgan fingerprint density at radius 1 is 1.08 bits per heavy atom. The van der Waals surface area contributed by atoms with Gasteiger partial charge in [-0.15, -0.1) is 0 Å². The first-order valence-electron chi connectivity index (χ1n) is 9.87. The molecule has 0 aromatic heterocycles. The van der Waals surface area contributed by atoms with Crippen LogP contribution in [0.25, 0.3) is 0 Å². The van der Waals surface area contributed by atoms with Crippen LogP contribution in [0.15, 0.2) is 24.3 Å². The van der Waals surface area contributed by atoms with Gasteiger partial charge < -0.3 is 14.4 Å². The van der Waals surface area contributed by atoms with E-state index in [1.54, 1.807) is 0 Å². The lowest BCUT2D eigenvalue weighted by atomic mass is 9.52. The minimum atomic E-state index is -0.511. The molecule has 4 fully saturated rings. The van der Waals surface area contributed by atoms with Crippen molar-refractivity contribution in [3.63, 3.8) is 0 Å². The molecule has 6 rings (SSSR count). The van der Waals surface area contributed by atoms with Gasteiger partial charge in [0.05, 0.1) is 0 Å². The number of likely N-dealkylation sites (N-methyl/N-ethyl adjacent to an activating group) is 1. The van der Waals surface area contributed by atoms with E-state index < -0.39 is 6.10 Å². The van der Waals surface area contributed by atoms with E-state index in [2.05, 4.69) is 11.8 Å². The van der Waals surface area contributed by atoms with Crippen LogP contribution in [0.5, 0.6) is 11.5 Å². The number of rotatable bonds is 3. The summed E-state index contributed by atoms with van der Waals surface area (Å²) in [6.45, 7) is 3.21. The fourth-order valence-electron chi connectivity index (χ4n) is 6.44. The molecule has 4 saturated carbocycles. The third-order valence-corrected chi connectivity index (χ3v) is 6.94. The van der Waals surface area contributed by atoms with Crippen LogP contribution in [0.1, 0.15) is 45.4 Å². The van der Waals surface area contributed by atoms with Crippen LogP contribution in [0.3, 0.4) is 0 Å². The number of benzene rings is 1. The molecule has 1 atom stereocenters. The molecule has 134 valence electrons. The van der Waals surface area contributed by atoms with Gasteiger partial charge in [-0.2, -0.15) is 0 Å². The van der Waals surface area contributed by atoms with Crippen LogP contribution in [-0.4, -0.2) is 35.6 Å². The Morgan fingerprint density at radius 2 is 1.68 bits per heavy atom. The maximum atomic E-state index is 13.4. The first-order chi connectivity index (χ1) is 12.2. The lowest BCUT2D eigenvalue weighted by Gasteiger charge is -2.60. The molecule has 0 spiro atoms. The predicted molar refractivity (Wildman–Crippen MR) is 94.6 cm³/mol. The summed E-state index contributed by atoms with van der Waals surface area (Å²) in [5.41, 5.74) is 0.0842. The van der Waals surface area contributed by atoms with Gasteiger partial charge in [0.25, 0.3) is 5.91 Å². The smallest absolute Gasteiger partial charge is 0.267 e. The molecule has 4 aliphatic carbocycles. The van der Waals surface area contributed by atoms with Gasteiger partial charge in [0.15, 0.2) is 11.5 Å². The second-order valence-electron chi connectivity index (χ2n) is 8.59. The molecule has 5 aliphatic rings. The van der Waals surface area contributed by atoms with Crippen LogP contribution in [0.4, 0.5) is 0 Å². The molecular formula is C21H27NO3. The zero-order valence-corrected chi connectivity index (χ0v) is 14.9. The van der Waals surface area contributed by atoms with Gasteiger partial charge in [-0.1, -0.05) is 12.1 Å². The zero-order valence-electron chi connectivity index (χ0n) is 14.9. The SMILES string of the molecule is CCN(C(=O)C1COc2ccccc2O1)C12CC3CC(CC(C3)C1)C2. The highest BCUT2D eigenvalue weighted by molar-refractivity contribution is 5.82. The van der Waals surface area contributed by atoms with Crippen LogP contribution in [-0.2, 0) is 4.79 Å². The molecule has 4 nitrogen and oxygen atoms in total. The number of nitrogens with zero attached hydrogens (tertiary/aromatic N) is 1. The third kappa shape index (κ3) is 2.44. The molecule has 25 heavy (non-hydrogen) atoms. The Balaban J connectivity index is 1.39. The van der Waals surface area contributed by atoms with Gasteiger partial charge >= 0.3 is 0 Å². The topological polar surface area (TPSA) is 38.8 Å². The van der Waals surface area contributed by atoms with Crippen molar-refractivity contribution in [2.24, 2.45) is 17.8 Å². The van der Waals surface area contributed by atoms with Crippen molar-refractivity contribution in [3.8, 4) is 11.5 Å². The molecule has 1 heterocycles. The van der Waals surface area contributed by atoms with Gasteiger partial charge in [-0.05, 0) is 75.3 Å². The van der Waals surface area contributed by atoms with Crippen LogP contribution < -0.4 is 9.47 Å². The monoisotopic (exact) mass is 341 g/mol. The molecule has 0 radical (unpaired) electrons. The maximum Gasteiger partial charge on any atom is 0.267 e. The molecule has 4 heteroatoms. The predicted octanol–water partition coefficient (Wildman–Crippen LogP) is 3.64. The summed E-state index contributed by atoms with van der Waals surface area (Å²) in [6, 6.07) is 7.63. The second kappa shape index (κ2) is 5.65. The largest absolute Gasteiger partial charge is 0.485 e. The van der Waals surface area contributed by atoms with E-state index in [0.29, 0.717) is 12.4 Å². The van der Waals surface area contributed by atoms with Crippen molar-refractivity contribution in [1.82, 2.24) is 4.90 Å². The van der Waals surface area contributed by atoms with Gasteiger partial charge in [-0.25, -0.2) is 0 Å². The summed E-state index contributed by atoms with van der Waals surface area (Å²) < 4.78 is 11.8. The van der Waals surface area contributed by atoms with Crippen molar-refractivity contribution >= 4 is 5.91 Å². The lowest BCUT2D eigenvalue weighted by molar-refractivity contribution is -0.159. The van der Waals surface area contributed by atoms with E-state index in [9.17, 15) is 4.79 Å². The van der Waals surface area contributed by atoms with E-state index in [0.717, 1.165) is 30.0 Å². The Kier molecular flexibility index (Phi) is 3.51. The highest BCUT2D eigenvalue weighted by Crippen LogP contribution is 2.57. The van der Waals surface area contributed by atoms with E-state index >= 15 is 0 Å². The quantitative estimate of drug-likeness (QED) is 0.842. The minimum Gasteiger partial charge on any atom is -0.485 e. The molecule has 1 amide bonds. The summed E-state index contributed by atoms with van der Waals surface area (Å²) in [6.07, 6.45) is 7.25. The van der Waals surface area contributed by atoms with E-state index in [-0.39, 0.29) is 11.4 Å². The molecule has 1 aliphatic heterocycles. The van der Waals surface area contributed by atoms with Crippen molar-refractivity contribution in [2.75, 3.05) is 13.2 Å². The maximum absolute atomic E-state index is 13.4. The minimum absolute atomic E-state index is 0.0842. The fraction of sp³-hybridized carbons (Fsp3) is 0.667. The van der Waals surface area contributed by atoms with E-state index in [1.165, 1.54) is 38.5 Å². The standard InChI is InChI=1S/C21H27NO3/c1-2-22(21-10-14-7-15(11-21)9-16(8-14)12-21)20(23)19-13-24-17-5-3-4-6-18(17)25-19/h3-6,14-16,19H,2,7-13H2,1H3. The number of amides is 1. The molecule has 1 unspecified atom stereocenters. The summed E-state index contributed by atoms with van der Waals surface area (Å²) >= 11 is 0. The molecular weight excluding hydrogens is 314 g/mol. The highest BCUT2D eigenvalue weighted by Gasteiger charge is 2.55. The number of carbonyl (C=O) groups excluding carboxylic acids is 1. The number of carbonyl (C=O) groups is 1. The first-order valence-corrected chi connectivity index (χ1v) is 9.87. The summed E-state index contributed by atoms with van der Waals surface area (Å²) in [4.78, 5) is 15.5. The van der Waals surface area contributed by atoms with E-state index in [4.69, 9.17) is 9.47 Å². The average Bonchev–Trinajstić information content (AvgIpc) is 2.60. The van der Waals surface area contributed by atoms with Crippen molar-refractivity contribution in [1.29, 1.82) is 0 Å². The van der Waals surface area contributed by atoms with Crippen molar-refractivity contribution in [3.05, 3.63) is 24.3 Å². The first kappa shape index (κ1) is 15.5. The molecule has 4 bridgehead atoms. The zero-order chi connectivity index (χ0) is 17.0. The summed E-state index contributed by atoms with van der Waals surface area (Å²) in [7, 11) is 0. The normalized spacial score (nSPS) is 37.8. The van der Waals surface area contributed by atoms with Gasteiger partial charge in [-0.3, -0.25) is 4.79 Å². The number of fused-ring (bicyclic) bond motifs is 1. The third-order valence-electron chi connectivity index (χ3n) is 6.94. The number of para-hydroxylation sites is 2. The van der Waals surface area contributed by atoms with Crippen molar-refractivity contribution < 1.29 is 14.3 Å². The van der Waals surface area contributed by atoms with Gasteiger partial charge in [0.2, 0.25) is 6.10 Å². The molecule has 1 aromatic carbocycles. The summed E-state index contributed by atoms with van der Waals surface area (Å²) in [5, 5.41) is 0. The van der Waals surface area contributed by atoms with Gasteiger partial charge in [0, 0.05) is 12.1 Å². The average molecular weight is 341 g/mol. The lowest BCUT2D eigenvalue weighted by Crippen LogP contribution is -2.64. The molecule has 0 saturated heterocycles. The fourth-order valence-corrected chi connectivity index (χ4v) is 6.44. The van der Waals surface area contributed by atoms with E-state index in [1.807, 2.05) is 24.3 Å². The summed E-state index contributed by atoms with van der Waals surface area (Å²) in [5.74, 6) is 4.05. The Hall–Kier alpha value is -1.71. The number of hydrogen-bond donors (Lipinski definition) is 0. The Labute approximate surface area is 149 Å². The Morgan fingerprint density at radius 3 is 2.28 bits per heavy atom. The second-order valence-corrected chi connectivity index (χ2v) is 8.59. The van der Waals surface area contributed by atoms with Crippen LogP contribution in [0, 0.1) is 17.8 Å². The highest BCUT2D eigenvalue weighted by atomic mass is 16.6. The molecule has 1 aromatic rings. The van der Waals surface area contributed by atoms with Crippen molar-refractivity contribution in [2.45, 2.75) is 57.1 Å². The van der Waals surface area contributed by atoms with Crippen LogP contribution in [0.2, 0.25) is 0 Å². The van der Waals surface area contributed by atoms with Crippen LogP contribution >= 0.6 is 0 Å². The van der Waals surface area contributed by atoms with Gasteiger partial charge in [0.1, 0.15) is 6.61 Å². The number of ether oxygens (including phenoxy) is 2. The molecule has 0 N–H and O–H groups in total. The number of hydrogen-bond acceptors (Lipinski definition) is 3. The Bertz CT molecular complexity index is 650.